The molecule has 1 aliphatic rings. The zero-order valence-electron chi connectivity index (χ0n) is 16.3. The van der Waals surface area contributed by atoms with Crippen molar-refractivity contribution in [3.63, 3.8) is 0 Å². The minimum Gasteiger partial charge on any atom is -0.493 e. The van der Waals surface area contributed by atoms with Crippen molar-refractivity contribution >= 4 is 23.8 Å². The van der Waals surface area contributed by atoms with Gasteiger partial charge in [0, 0.05) is 18.4 Å². The molecule has 1 aliphatic heterocycles. The van der Waals surface area contributed by atoms with Crippen molar-refractivity contribution in [3.8, 4) is 5.75 Å². The first-order chi connectivity index (χ1) is 12.6. The number of carbonyl (C=O) groups excluding carboxylic acids is 2. The maximum absolute atomic E-state index is 13.3. The molecule has 1 aromatic rings. The van der Waals surface area contributed by atoms with E-state index in [1.54, 1.807) is 38.6 Å². The van der Waals surface area contributed by atoms with E-state index in [2.05, 4.69) is 10.1 Å². The molecule has 3 N–H and O–H groups in total. The molecule has 1 heterocycles. The van der Waals surface area contributed by atoms with Crippen LogP contribution in [0.3, 0.4) is 0 Å². The van der Waals surface area contributed by atoms with Gasteiger partial charge in [0.15, 0.2) is 0 Å². The number of benzene rings is 1. The van der Waals surface area contributed by atoms with Gasteiger partial charge < -0.3 is 20.5 Å². The van der Waals surface area contributed by atoms with Crippen LogP contribution in [0.15, 0.2) is 18.2 Å². The number of ether oxygens (including phenoxy) is 2. The largest absolute Gasteiger partial charge is 0.493 e. The average Bonchev–Trinajstić information content (AvgIpc) is 2.54. The molecule has 8 heteroatoms. The number of nitrogens with two attached hydrogens (primary N) is 1. The van der Waals surface area contributed by atoms with Gasteiger partial charge in [-0.2, -0.15) is 11.8 Å². The summed E-state index contributed by atoms with van der Waals surface area (Å²) in [6.07, 6.45) is 3.37. The van der Waals surface area contributed by atoms with Crippen molar-refractivity contribution in [1.82, 2.24) is 5.32 Å². The molecule has 1 unspecified atom stereocenters. The summed E-state index contributed by atoms with van der Waals surface area (Å²) in [4.78, 5) is 21.8. The molecule has 0 aliphatic carbocycles. The van der Waals surface area contributed by atoms with Gasteiger partial charge in [0.25, 0.3) is 0 Å². The van der Waals surface area contributed by atoms with Crippen LogP contribution in [0.1, 0.15) is 51.6 Å². The third kappa shape index (κ3) is 9.51. The molecule has 0 spiro atoms. The molecule has 152 valence electrons. The Labute approximate surface area is 164 Å². The molecule has 6 nitrogen and oxygen atoms in total. The second-order valence-electron chi connectivity index (χ2n) is 7.07. The van der Waals surface area contributed by atoms with Crippen molar-refractivity contribution < 1.29 is 23.5 Å². The highest BCUT2D eigenvalue weighted by Gasteiger charge is 2.23. The molecule has 0 saturated heterocycles. The standard InChI is InChI=1S/C14H18FNO2S.C5H11NO2/c1-19-8-2-3-14(17)16-12-6-7-18-13-5-4-10(15)9-11(12)13;1-5(2,3)8-4(6)7/h4-5,9,12H,2-3,6-8H2,1H3,(H,16,17);1-3H3,(H2,6,7). The normalized spacial score (nSPS) is 15.5. The van der Waals surface area contributed by atoms with Crippen molar-refractivity contribution in [1.29, 1.82) is 0 Å². The molecular formula is C19H29FN2O4S. The van der Waals surface area contributed by atoms with Gasteiger partial charge in [-0.25, -0.2) is 9.18 Å². The third-order valence-corrected chi connectivity index (χ3v) is 4.20. The van der Waals surface area contributed by atoms with Gasteiger partial charge in [0.2, 0.25) is 5.91 Å². The zero-order chi connectivity index (χ0) is 20.4. The van der Waals surface area contributed by atoms with E-state index in [-0.39, 0.29) is 17.8 Å². The summed E-state index contributed by atoms with van der Waals surface area (Å²) in [5.74, 6) is 1.37. The van der Waals surface area contributed by atoms with E-state index in [0.29, 0.717) is 25.2 Å². The van der Waals surface area contributed by atoms with Gasteiger partial charge in [-0.3, -0.25) is 4.79 Å². The number of thioether (sulfide) groups is 1. The van der Waals surface area contributed by atoms with Crippen molar-refractivity contribution in [3.05, 3.63) is 29.6 Å². The molecule has 2 amide bonds. The van der Waals surface area contributed by atoms with E-state index in [1.807, 2.05) is 6.26 Å². The molecule has 0 saturated carbocycles. The SMILES string of the molecule is CC(C)(C)OC(N)=O.CSCCCC(=O)NC1CCOc2ccc(F)cc21. The highest BCUT2D eigenvalue weighted by atomic mass is 32.2. The van der Waals surface area contributed by atoms with Gasteiger partial charge >= 0.3 is 6.09 Å². The second-order valence-corrected chi connectivity index (χ2v) is 8.05. The fourth-order valence-corrected chi connectivity index (χ4v) is 2.89. The molecule has 1 aromatic carbocycles. The quantitative estimate of drug-likeness (QED) is 0.734. The number of carbonyl (C=O) groups is 2. The lowest BCUT2D eigenvalue weighted by Gasteiger charge is -2.26. The van der Waals surface area contributed by atoms with Crippen LogP contribution in [0.2, 0.25) is 0 Å². The van der Waals surface area contributed by atoms with Crippen LogP contribution < -0.4 is 15.8 Å². The lowest BCUT2D eigenvalue weighted by molar-refractivity contribution is -0.122. The fourth-order valence-electron chi connectivity index (χ4n) is 2.46. The first-order valence-corrected chi connectivity index (χ1v) is 10.2. The van der Waals surface area contributed by atoms with Crippen LogP contribution in [-0.2, 0) is 9.53 Å². The summed E-state index contributed by atoms with van der Waals surface area (Å²) in [7, 11) is 0. The first kappa shape index (κ1) is 23.1. The minimum absolute atomic E-state index is 0.0242. The number of hydrogen-bond acceptors (Lipinski definition) is 5. The van der Waals surface area contributed by atoms with Crippen LogP contribution in [0.5, 0.6) is 5.75 Å². The number of fused-ring (bicyclic) bond motifs is 1. The van der Waals surface area contributed by atoms with Crippen LogP contribution in [0, 0.1) is 5.82 Å². The Hall–Kier alpha value is -1.96. The Morgan fingerprint density at radius 3 is 2.67 bits per heavy atom. The predicted molar refractivity (Wildman–Crippen MR) is 105 cm³/mol. The zero-order valence-corrected chi connectivity index (χ0v) is 17.2. The average molecular weight is 401 g/mol. The summed E-state index contributed by atoms with van der Waals surface area (Å²) in [6, 6.07) is 4.31. The number of rotatable bonds is 5. The Balaban J connectivity index is 0.000000387. The lowest BCUT2D eigenvalue weighted by Crippen LogP contribution is -2.32. The Morgan fingerprint density at radius 1 is 1.41 bits per heavy atom. The Kier molecular flexibility index (Phi) is 9.41. The molecule has 1 atom stereocenters. The number of halogens is 1. The van der Waals surface area contributed by atoms with Gasteiger partial charge in [-0.1, -0.05) is 0 Å². The summed E-state index contributed by atoms with van der Waals surface area (Å²) >= 11 is 1.73. The molecule has 27 heavy (non-hydrogen) atoms. The van der Waals surface area contributed by atoms with Crippen LogP contribution >= 0.6 is 11.8 Å². The first-order valence-electron chi connectivity index (χ1n) is 8.81. The van der Waals surface area contributed by atoms with Gasteiger partial charge in [-0.15, -0.1) is 0 Å². The van der Waals surface area contributed by atoms with Crippen LogP contribution in [0.4, 0.5) is 9.18 Å². The summed E-state index contributed by atoms with van der Waals surface area (Å²) in [5.41, 5.74) is 5.01. The second kappa shape index (κ2) is 11.0. The highest BCUT2D eigenvalue weighted by Crippen LogP contribution is 2.32. The van der Waals surface area contributed by atoms with E-state index in [0.717, 1.165) is 17.7 Å². The molecule has 0 aromatic heterocycles. The number of amides is 2. The lowest BCUT2D eigenvalue weighted by atomic mass is 10.00. The maximum Gasteiger partial charge on any atom is 0.405 e. The van der Waals surface area contributed by atoms with Crippen molar-refractivity contribution in [2.75, 3.05) is 18.6 Å². The molecule has 2 rings (SSSR count). The predicted octanol–water partition coefficient (Wildman–Crippen LogP) is 3.79. The van der Waals surface area contributed by atoms with Crippen LogP contribution in [0.25, 0.3) is 0 Å². The molecule has 0 fully saturated rings. The minimum atomic E-state index is -0.725. The van der Waals surface area contributed by atoms with Crippen molar-refractivity contribution in [2.24, 2.45) is 5.73 Å². The molecule has 0 radical (unpaired) electrons. The monoisotopic (exact) mass is 400 g/mol. The smallest absolute Gasteiger partial charge is 0.405 e. The van der Waals surface area contributed by atoms with E-state index >= 15 is 0 Å². The number of nitrogens with one attached hydrogen (secondary N) is 1. The van der Waals surface area contributed by atoms with E-state index in [1.165, 1.54) is 12.1 Å². The maximum atomic E-state index is 13.3. The van der Waals surface area contributed by atoms with Gasteiger partial charge in [0.05, 0.1) is 12.6 Å². The van der Waals surface area contributed by atoms with E-state index < -0.39 is 11.7 Å². The van der Waals surface area contributed by atoms with Gasteiger partial charge in [0.1, 0.15) is 17.2 Å². The third-order valence-electron chi connectivity index (χ3n) is 3.51. The van der Waals surface area contributed by atoms with E-state index in [4.69, 9.17) is 10.5 Å². The van der Waals surface area contributed by atoms with E-state index in [9.17, 15) is 14.0 Å². The molecule has 0 bridgehead atoms. The number of hydrogen-bond donors (Lipinski definition) is 2. The fraction of sp³-hybridized carbons (Fsp3) is 0.579. The summed E-state index contributed by atoms with van der Waals surface area (Å²) in [6.45, 7) is 5.83. The van der Waals surface area contributed by atoms with Gasteiger partial charge in [-0.05, 0) is 57.4 Å². The number of primary amides is 1. The highest BCUT2D eigenvalue weighted by molar-refractivity contribution is 7.98. The Bertz CT molecular complexity index is 635. The van der Waals surface area contributed by atoms with Crippen LogP contribution in [-0.4, -0.2) is 36.2 Å². The Morgan fingerprint density at radius 2 is 2.11 bits per heavy atom. The summed E-state index contributed by atoms with van der Waals surface area (Å²) in [5, 5.41) is 2.97. The van der Waals surface area contributed by atoms with Crippen molar-refractivity contribution in [2.45, 2.75) is 51.7 Å². The summed E-state index contributed by atoms with van der Waals surface area (Å²) < 4.78 is 23.3. The molecular weight excluding hydrogens is 371 g/mol. The topological polar surface area (TPSA) is 90.7 Å².